The summed E-state index contributed by atoms with van der Waals surface area (Å²) in [5.41, 5.74) is 0.805. The zero-order valence-electron chi connectivity index (χ0n) is 28.0. The first-order valence-electron chi connectivity index (χ1n) is 17.0. The largest absolute Gasteiger partial charge is 0.389 e. The number of hydrogen-bond donors (Lipinski definition) is 6. The lowest BCUT2D eigenvalue weighted by atomic mass is 9.69. The van der Waals surface area contributed by atoms with Gasteiger partial charge in [0, 0.05) is 38.3 Å². The van der Waals surface area contributed by atoms with Gasteiger partial charge in [0.15, 0.2) is 0 Å². The van der Waals surface area contributed by atoms with E-state index in [0.29, 0.717) is 35.8 Å². The van der Waals surface area contributed by atoms with Crippen LogP contribution in [0.15, 0.2) is 0 Å². The molecule has 2 heterocycles. The first-order chi connectivity index (χ1) is 19.4. The molecule has 0 aromatic rings. The molecular weight excluding hydrogens is 532 g/mol. The number of β-amino-alcohol motifs (C(OH)–C–C–N with tert-alkyl or cyclic N) is 2. The number of nitrogens with zero attached hydrogens (tertiary/aromatic N) is 2. The fraction of sp³-hybridized carbons (Fsp3) is 1.00. The number of piperidine rings is 2. The van der Waals surface area contributed by atoms with Gasteiger partial charge in [-0.05, 0) is 99.7 Å². The number of likely N-dealkylation sites (tertiary alicyclic amines) is 2. The summed E-state index contributed by atoms with van der Waals surface area (Å²) in [7, 11) is 0. The average molecular weight is 599 g/mol. The van der Waals surface area contributed by atoms with Crippen LogP contribution in [-0.2, 0) is 0 Å². The molecule has 2 aliphatic carbocycles. The second-order valence-corrected chi connectivity index (χ2v) is 16.7. The molecule has 8 heteroatoms. The Morgan fingerprint density at radius 3 is 1.02 bits per heavy atom. The standard InChI is InChI=1S/2C17H33NO3/c2*1-11-15(20)16(21)14(19)10-18(11)9-12-5-7-13(8-6-12)17(2,3)4/h2*11-16,19-21H,5-10H2,1-4H3/t2*11-,12?,13?,14+,15-,16-/m11/s1. The molecule has 0 aromatic carbocycles. The molecule has 8 nitrogen and oxygen atoms in total. The van der Waals surface area contributed by atoms with Crippen molar-refractivity contribution < 1.29 is 30.6 Å². The van der Waals surface area contributed by atoms with Crippen LogP contribution < -0.4 is 0 Å². The SMILES string of the molecule is C[C@@H]1[C@@H](O)[C@H](O)[C@@H](O)CN1CC1CCC(C(C)(C)C)CC1.C[C@@H]1[C@@H](O)[C@H](O)[C@@H](O)CN1CC1CCC(C(C)(C)C)CC1. The molecule has 0 radical (unpaired) electrons. The Morgan fingerprint density at radius 1 is 0.476 bits per heavy atom. The third kappa shape index (κ3) is 9.35. The van der Waals surface area contributed by atoms with E-state index in [1.807, 2.05) is 13.8 Å². The Morgan fingerprint density at radius 2 is 0.762 bits per heavy atom. The fourth-order valence-electron chi connectivity index (χ4n) is 8.05. The Balaban J connectivity index is 0.000000230. The van der Waals surface area contributed by atoms with Gasteiger partial charge in [-0.1, -0.05) is 41.5 Å². The Labute approximate surface area is 256 Å². The van der Waals surface area contributed by atoms with Gasteiger partial charge in [-0.15, -0.1) is 0 Å². The lowest BCUT2D eigenvalue weighted by Crippen LogP contribution is -2.60. The summed E-state index contributed by atoms with van der Waals surface area (Å²) in [5.74, 6) is 2.93. The molecule has 0 spiro atoms. The molecule has 2 aliphatic heterocycles. The number of aliphatic hydroxyl groups is 6. The van der Waals surface area contributed by atoms with Gasteiger partial charge >= 0.3 is 0 Å². The van der Waals surface area contributed by atoms with Crippen molar-refractivity contribution in [2.45, 2.75) is 155 Å². The van der Waals surface area contributed by atoms with E-state index >= 15 is 0 Å². The molecule has 0 aromatic heterocycles. The minimum Gasteiger partial charge on any atom is -0.389 e. The van der Waals surface area contributed by atoms with Crippen molar-refractivity contribution >= 4 is 0 Å². The van der Waals surface area contributed by atoms with Crippen LogP contribution in [0, 0.1) is 34.5 Å². The molecule has 6 N–H and O–H groups in total. The van der Waals surface area contributed by atoms with Gasteiger partial charge in [-0.25, -0.2) is 0 Å². The summed E-state index contributed by atoms with van der Waals surface area (Å²) in [6.45, 7) is 20.7. The Bertz CT molecular complexity index is 733. The van der Waals surface area contributed by atoms with E-state index in [2.05, 4.69) is 51.3 Å². The van der Waals surface area contributed by atoms with Crippen molar-refractivity contribution in [3.05, 3.63) is 0 Å². The second-order valence-electron chi connectivity index (χ2n) is 16.7. The summed E-state index contributed by atoms with van der Waals surface area (Å²) in [6, 6.07) is -0.160. The van der Waals surface area contributed by atoms with Crippen LogP contribution in [-0.4, -0.2) is 115 Å². The van der Waals surface area contributed by atoms with Crippen LogP contribution >= 0.6 is 0 Å². The topological polar surface area (TPSA) is 128 Å². The minimum absolute atomic E-state index is 0.0799. The first-order valence-corrected chi connectivity index (χ1v) is 17.0. The monoisotopic (exact) mass is 598 g/mol. The van der Waals surface area contributed by atoms with Gasteiger partial charge in [0.05, 0.1) is 24.4 Å². The van der Waals surface area contributed by atoms with Gasteiger partial charge < -0.3 is 30.6 Å². The molecule has 42 heavy (non-hydrogen) atoms. The molecule has 4 aliphatic rings. The van der Waals surface area contributed by atoms with Crippen LogP contribution in [0.3, 0.4) is 0 Å². The van der Waals surface area contributed by atoms with Crippen molar-refractivity contribution in [3.63, 3.8) is 0 Å². The fourth-order valence-corrected chi connectivity index (χ4v) is 8.05. The van der Waals surface area contributed by atoms with E-state index in [0.717, 1.165) is 24.9 Å². The Kier molecular flexibility index (Phi) is 12.8. The second kappa shape index (κ2) is 14.8. The minimum atomic E-state index is -1.01. The van der Waals surface area contributed by atoms with Crippen LogP contribution in [0.4, 0.5) is 0 Å². The van der Waals surface area contributed by atoms with Crippen LogP contribution in [0.1, 0.15) is 107 Å². The molecule has 0 amide bonds. The van der Waals surface area contributed by atoms with E-state index < -0.39 is 36.6 Å². The smallest absolute Gasteiger partial charge is 0.108 e. The van der Waals surface area contributed by atoms with Crippen LogP contribution in [0.5, 0.6) is 0 Å². The van der Waals surface area contributed by atoms with Crippen molar-refractivity contribution in [1.82, 2.24) is 9.80 Å². The maximum absolute atomic E-state index is 10.0. The zero-order valence-corrected chi connectivity index (χ0v) is 28.0. The zero-order chi connectivity index (χ0) is 31.6. The quantitative estimate of drug-likeness (QED) is 0.291. The maximum atomic E-state index is 10.0. The highest BCUT2D eigenvalue weighted by Crippen LogP contribution is 2.41. The van der Waals surface area contributed by atoms with Crippen molar-refractivity contribution in [3.8, 4) is 0 Å². The first kappa shape index (κ1) is 36.2. The molecule has 4 fully saturated rings. The van der Waals surface area contributed by atoms with Gasteiger partial charge in [0.2, 0.25) is 0 Å². The summed E-state index contributed by atoms with van der Waals surface area (Å²) in [4.78, 5) is 4.31. The highest BCUT2D eigenvalue weighted by molar-refractivity contribution is 4.95. The normalized spacial score (nSPS) is 43.0. The Hall–Kier alpha value is -0.320. The van der Waals surface area contributed by atoms with Crippen molar-refractivity contribution in [2.24, 2.45) is 34.5 Å². The van der Waals surface area contributed by atoms with Gasteiger partial charge in [-0.2, -0.15) is 0 Å². The van der Waals surface area contributed by atoms with E-state index in [1.165, 1.54) is 51.4 Å². The summed E-state index contributed by atoms with van der Waals surface area (Å²) in [5, 5.41) is 59.2. The van der Waals surface area contributed by atoms with Gasteiger partial charge in [-0.3, -0.25) is 9.80 Å². The lowest BCUT2D eigenvalue weighted by molar-refractivity contribution is -0.136. The van der Waals surface area contributed by atoms with Crippen LogP contribution in [0.25, 0.3) is 0 Å². The third-order valence-electron chi connectivity index (χ3n) is 11.6. The number of hydrogen-bond acceptors (Lipinski definition) is 8. The average Bonchev–Trinajstić information content (AvgIpc) is 2.92. The molecule has 0 unspecified atom stereocenters. The van der Waals surface area contributed by atoms with Gasteiger partial charge in [0.1, 0.15) is 12.2 Å². The molecule has 2 saturated carbocycles. The molecule has 248 valence electrons. The highest BCUT2D eigenvalue weighted by atomic mass is 16.4. The van der Waals surface area contributed by atoms with E-state index in [-0.39, 0.29) is 12.1 Å². The predicted molar refractivity (Wildman–Crippen MR) is 168 cm³/mol. The van der Waals surface area contributed by atoms with E-state index in [1.54, 1.807) is 0 Å². The molecule has 4 rings (SSSR count). The molecule has 8 atom stereocenters. The molecule has 2 saturated heterocycles. The van der Waals surface area contributed by atoms with Gasteiger partial charge in [0.25, 0.3) is 0 Å². The molecular formula is C34H66N2O6. The van der Waals surface area contributed by atoms with E-state index in [9.17, 15) is 30.6 Å². The lowest BCUT2D eigenvalue weighted by Gasteiger charge is -2.45. The summed E-state index contributed by atoms with van der Waals surface area (Å²) in [6.07, 6.45) is 4.70. The van der Waals surface area contributed by atoms with E-state index in [4.69, 9.17) is 0 Å². The van der Waals surface area contributed by atoms with Crippen LogP contribution in [0.2, 0.25) is 0 Å². The molecule has 0 bridgehead atoms. The summed E-state index contributed by atoms with van der Waals surface area (Å²) >= 11 is 0. The number of rotatable bonds is 4. The maximum Gasteiger partial charge on any atom is 0.108 e. The van der Waals surface area contributed by atoms with Crippen molar-refractivity contribution in [1.29, 1.82) is 0 Å². The predicted octanol–water partition coefficient (Wildman–Crippen LogP) is 3.25. The van der Waals surface area contributed by atoms with Crippen molar-refractivity contribution in [2.75, 3.05) is 26.2 Å². The highest BCUT2D eigenvalue weighted by Gasteiger charge is 2.41. The summed E-state index contributed by atoms with van der Waals surface area (Å²) < 4.78 is 0. The third-order valence-corrected chi connectivity index (χ3v) is 11.6. The number of aliphatic hydroxyl groups excluding tert-OH is 6.